The second kappa shape index (κ2) is 16.1. The predicted octanol–water partition coefficient (Wildman–Crippen LogP) is 3.08. The van der Waals surface area contributed by atoms with Crippen molar-refractivity contribution in [2.75, 3.05) is 45.9 Å². The Hall–Kier alpha value is -0.0800. The molecule has 1 atom stereocenters. The Kier molecular flexibility index (Phi) is 16.1. The van der Waals surface area contributed by atoms with Crippen LogP contribution in [0.1, 0.15) is 59.3 Å². The Morgan fingerprint density at radius 2 is 1.88 bits per heavy atom. The van der Waals surface area contributed by atoms with E-state index in [0.717, 1.165) is 38.4 Å². The van der Waals surface area contributed by atoms with Crippen LogP contribution in [0.15, 0.2) is 4.99 Å². The average Bonchev–Trinajstić information content (AvgIpc) is 3.05. The van der Waals surface area contributed by atoms with E-state index >= 15 is 0 Å². The Morgan fingerprint density at radius 1 is 1.16 bits per heavy atom. The lowest BCUT2D eigenvalue weighted by molar-refractivity contribution is 0.245. The monoisotopic (exact) mass is 468 g/mol. The highest BCUT2D eigenvalue weighted by atomic mass is 127. The summed E-state index contributed by atoms with van der Waals surface area (Å²) in [4.78, 5) is 7.31. The molecule has 1 heterocycles. The minimum Gasteiger partial charge on any atom is -0.396 e. The van der Waals surface area contributed by atoms with Crippen LogP contribution in [0.4, 0.5) is 0 Å². The maximum absolute atomic E-state index is 9.22. The molecule has 1 saturated heterocycles. The topological polar surface area (TPSA) is 59.9 Å². The van der Waals surface area contributed by atoms with Gasteiger partial charge in [0.1, 0.15) is 0 Å². The largest absolute Gasteiger partial charge is 0.396 e. The lowest BCUT2D eigenvalue weighted by Gasteiger charge is -2.18. The number of aliphatic imine (C=N–C) groups is 1. The summed E-state index contributed by atoms with van der Waals surface area (Å²) in [6.07, 6.45) is 7.16. The number of nitrogens with zero attached hydrogens (tertiary/aromatic N) is 2. The van der Waals surface area contributed by atoms with E-state index in [1.54, 1.807) is 0 Å². The summed E-state index contributed by atoms with van der Waals surface area (Å²) in [5, 5.41) is 16.0. The molecule has 1 aliphatic heterocycles. The molecule has 150 valence electrons. The van der Waals surface area contributed by atoms with Crippen LogP contribution in [0.2, 0.25) is 0 Å². The van der Waals surface area contributed by atoms with Gasteiger partial charge in [-0.15, -0.1) is 24.0 Å². The molecule has 1 unspecified atom stereocenters. The van der Waals surface area contributed by atoms with E-state index in [0.29, 0.717) is 11.8 Å². The van der Waals surface area contributed by atoms with Crippen molar-refractivity contribution in [3.63, 3.8) is 0 Å². The number of guanidine groups is 1. The first-order chi connectivity index (χ1) is 11.7. The van der Waals surface area contributed by atoms with Crippen LogP contribution in [0.3, 0.4) is 0 Å². The van der Waals surface area contributed by atoms with Gasteiger partial charge in [-0.3, -0.25) is 4.99 Å². The van der Waals surface area contributed by atoms with E-state index in [-0.39, 0.29) is 30.6 Å². The Morgan fingerprint density at radius 3 is 2.48 bits per heavy atom. The molecule has 0 aromatic rings. The van der Waals surface area contributed by atoms with E-state index < -0.39 is 0 Å². The quantitative estimate of drug-likeness (QED) is 0.178. The fourth-order valence-electron chi connectivity index (χ4n) is 3.37. The number of unbranched alkanes of at least 4 members (excludes halogenated alkanes) is 1. The standard InChI is InChI=1S/C19H40N4O.HI/c1-4-20-19(22-16-18(9-14-24)15-17(2)3)21-10-5-6-11-23-12-7-8-13-23;/h17-18,24H,4-16H2,1-3H3,(H2,20,21,22);1H. The number of halogens is 1. The molecule has 0 spiro atoms. The summed E-state index contributed by atoms with van der Waals surface area (Å²) < 4.78 is 0. The molecule has 25 heavy (non-hydrogen) atoms. The Balaban J connectivity index is 0.00000576. The number of likely N-dealkylation sites (tertiary alicyclic amines) is 1. The molecule has 0 aromatic heterocycles. The summed E-state index contributed by atoms with van der Waals surface area (Å²) >= 11 is 0. The first kappa shape index (κ1) is 24.9. The number of hydrogen-bond donors (Lipinski definition) is 3. The Labute approximate surface area is 172 Å². The van der Waals surface area contributed by atoms with Gasteiger partial charge < -0.3 is 20.6 Å². The summed E-state index contributed by atoms with van der Waals surface area (Å²) in [7, 11) is 0. The van der Waals surface area contributed by atoms with Crippen molar-refractivity contribution < 1.29 is 5.11 Å². The molecule has 1 aliphatic rings. The zero-order valence-corrected chi connectivity index (χ0v) is 18.9. The molecule has 1 rings (SSSR count). The fourth-order valence-corrected chi connectivity index (χ4v) is 3.37. The van der Waals surface area contributed by atoms with Crippen LogP contribution >= 0.6 is 24.0 Å². The van der Waals surface area contributed by atoms with Crippen LogP contribution in [-0.2, 0) is 0 Å². The second-order valence-corrected chi connectivity index (χ2v) is 7.41. The van der Waals surface area contributed by atoms with Gasteiger partial charge in [-0.2, -0.15) is 0 Å². The number of nitrogens with one attached hydrogen (secondary N) is 2. The second-order valence-electron chi connectivity index (χ2n) is 7.41. The molecule has 0 aromatic carbocycles. The van der Waals surface area contributed by atoms with E-state index in [1.165, 1.54) is 45.3 Å². The van der Waals surface area contributed by atoms with Gasteiger partial charge in [-0.25, -0.2) is 0 Å². The molecule has 5 nitrogen and oxygen atoms in total. The maximum atomic E-state index is 9.22. The van der Waals surface area contributed by atoms with Gasteiger partial charge >= 0.3 is 0 Å². The highest BCUT2D eigenvalue weighted by molar-refractivity contribution is 14.0. The van der Waals surface area contributed by atoms with Crippen LogP contribution in [0, 0.1) is 11.8 Å². The number of aliphatic hydroxyl groups excluding tert-OH is 1. The molecule has 0 aliphatic carbocycles. The van der Waals surface area contributed by atoms with Crippen molar-refractivity contribution in [2.45, 2.75) is 59.3 Å². The summed E-state index contributed by atoms with van der Waals surface area (Å²) in [5.41, 5.74) is 0. The number of rotatable bonds is 12. The SMILES string of the molecule is CCNC(=NCC(CCO)CC(C)C)NCCCCN1CCCC1.I. The fraction of sp³-hybridized carbons (Fsp3) is 0.947. The van der Waals surface area contributed by atoms with E-state index in [2.05, 4.69) is 36.3 Å². The minimum absolute atomic E-state index is 0. The van der Waals surface area contributed by atoms with Crippen molar-refractivity contribution in [3.8, 4) is 0 Å². The van der Waals surface area contributed by atoms with Gasteiger partial charge in [-0.1, -0.05) is 13.8 Å². The van der Waals surface area contributed by atoms with Crippen molar-refractivity contribution in [1.29, 1.82) is 0 Å². The molecule has 3 N–H and O–H groups in total. The third-order valence-electron chi connectivity index (χ3n) is 4.59. The van der Waals surface area contributed by atoms with Crippen LogP contribution < -0.4 is 10.6 Å². The summed E-state index contributed by atoms with van der Waals surface area (Å²) in [6.45, 7) is 13.3. The third-order valence-corrected chi connectivity index (χ3v) is 4.59. The normalized spacial score (nSPS) is 16.8. The minimum atomic E-state index is 0. The van der Waals surface area contributed by atoms with E-state index in [1.807, 2.05) is 0 Å². The third kappa shape index (κ3) is 12.8. The van der Waals surface area contributed by atoms with Gasteiger partial charge in [-0.05, 0) is 76.9 Å². The van der Waals surface area contributed by atoms with Gasteiger partial charge in [0.2, 0.25) is 0 Å². The predicted molar refractivity (Wildman–Crippen MR) is 119 cm³/mol. The lowest BCUT2D eigenvalue weighted by Crippen LogP contribution is -2.38. The first-order valence-electron chi connectivity index (χ1n) is 10.0. The molecule has 6 heteroatoms. The maximum Gasteiger partial charge on any atom is 0.191 e. The van der Waals surface area contributed by atoms with Crippen LogP contribution in [0.25, 0.3) is 0 Å². The average molecular weight is 468 g/mol. The van der Waals surface area contributed by atoms with Crippen molar-refractivity contribution in [2.24, 2.45) is 16.8 Å². The number of aliphatic hydroxyl groups is 1. The van der Waals surface area contributed by atoms with Crippen molar-refractivity contribution in [3.05, 3.63) is 0 Å². The van der Waals surface area contributed by atoms with Gasteiger partial charge in [0, 0.05) is 26.2 Å². The number of hydrogen-bond acceptors (Lipinski definition) is 3. The summed E-state index contributed by atoms with van der Waals surface area (Å²) in [5.74, 6) is 2.05. The van der Waals surface area contributed by atoms with Gasteiger partial charge in [0.15, 0.2) is 5.96 Å². The Bertz CT molecular complexity index is 333. The molecule has 1 fully saturated rings. The molecular weight excluding hydrogens is 427 g/mol. The molecular formula is C19H41IN4O. The highest BCUT2D eigenvalue weighted by Gasteiger charge is 2.11. The van der Waals surface area contributed by atoms with Crippen LogP contribution in [0.5, 0.6) is 0 Å². The first-order valence-corrected chi connectivity index (χ1v) is 10.0. The molecule has 0 saturated carbocycles. The van der Waals surface area contributed by atoms with Gasteiger partial charge in [0.05, 0.1) is 0 Å². The summed E-state index contributed by atoms with van der Waals surface area (Å²) in [6, 6.07) is 0. The smallest absolute Gasteiger partial charge is 0.191 e. The van der Waals surface area contributed by atoms with E-state index in [9.17, 15) is 5.11 Å². The van der Waals surface area contributed by atoms with Gasteiger partial charge in [0.25, 0.3) is 0 Å². The zero-order chi connectivity index (χ0) is 17.6. The van der Waals surface area contributed by atoms with Crippen molar-refractivity contribution in [1.82, 2.24) is 15.5 Å². The van der Waals surface area contributed by atoms with E-state index in [4.69, 9.17) is 4.99 Å². The zero-order valence-electron chi connectivity index (χ0n) is 16.6. The lowest BCUT2D eigenvalue weighted by atomic mass is 9.94. The molecule has 0 radical (unpaired) electrons. The highest BCUT2D eigenvalue weighted by Crippen LogP contribution is 2.15. The molecule has 0 amide bonds. The van der Waals surface area contributed by atoms with Crippen molar-refractivity contribution >= 4 is 29.9 Å². The van der Waals surface area contributed by atoms with Crippen LogP contribution in [-0.4, -0.2) is 61.8 Å². The molecule has 0 bridgehead atoms.